The van der Waals surface area contributed by atoms with E-state index in [1.165, 1.54) is 24.3 Å². The van der Waals surface area contributed by atoms with Crippen LogP contribution in [0, 0.1) is 0 Å². The summed E-state index contributed by atoms with van der Waals surface area (Å²) in [5, 5.41) is 32.6. The van der Waals surface area contributed by atoms with Crippen LogP contribution in [0.25, 0.3) is 6.08 Å². The number of carboxylic acid groups (broad SMARTS) is 1. The summed E-state index contributed by atoms with van der Waals surface area (Å²) >= 11 is 0. The summed E-state index contributed by atoms with van der Waals surface area (Å²) in [4.78, 5) is 35.0. The molecule has 0 saturated carbocycles. The second-order valence-electron chi connectivity index (χ2n) is 5.95. The number of aromatic hydroxyl groups is 2. The van der Waals surface area contributed by atoms with E-state index < -0.39 is 23.8 Å². The Morgan fingerprint density at radius 2 is 1.71 bits per heavy atom. The highest BCUT2D eigenvalue weighted by Gasteiger charge is 2.20. The first-order chi connectivity index (χ1) is 13.3. The van der Waals surface area contributed by atoms with Gasteiger partial charge in [-0.15, -0.1) is 0 Å². The third-order valence-electron chi connectivity index (χ3n) is 3.77. The Morgan fingerprint density at radius 3 is 2.36 bits per heavy atom. The number of amides is 2. The van der Waals surface area contributed by atoms with Gasteiger partial charge in [-0.1, -0.05) is 36.4 Å². The van der Waals surface area contributed by atoms with Crippen LogP contribution < -0.4 is 10.6 Å². The number of phenolic OH excluding ortho intramolecular Hbond substituents is 2. The number of carbonyl (C=O) groups is 3. The molecule has 28 heavy (non-hydrogen) atoms. The predicted octanol–water partition coefficient (Wildman–Crippen LogP) is 1.04. The second-order valence-corrected chi connectivity index (χ2v) is 5.95. The molecule has 0 spiro atoms. The lowest BCUT2D eigenvalue weighted by Crippen LogP contribution is -2.46. The van der Waals surface area contributed by atoms with Crippen LogP contribution in [0.5, 0.6) is 11.5 Å². The Morgan fingerprint density at radius 1 is 1.00 bits per heavy atom. The highest BCUT2D eigenvalue weighted by Crippen LogP contribution is 2.25. The maximum absolute atomic E-state index is 11.9. The number of rotatable bonds is 8. The smallest absolute Gasteiger partial charge is 0.326 e. The molecule has 0 unspecified atom stereocenters. The Hall–Kier alpha value is -3.81. The van der Waals surface area contributed by atoms with Crippen molar-refractivity contribution in [2.45, 2.75) is 12.5 Å². The molecule has 2 amide bonds. The van der Waals surface area contributed by atoms with Gasteiger partial charge in [-0.3, -0.25) is 9.59 Å². The number of phenols is 2. The molecular weight excluding hydrogens is 364 g/mol. The molecule has 2 aromatic rings. The molecule has 1 atom stereocenters. The summed E-state index contributed by atoms with van der Waals surface area (Å²) in [7, 11) is 0. The molecule has 0 aliphatic carbocycles. The summed E-state index contributed by atoms with van der Waals surface area (Å²) in [6.07, 6.45) is 2.67. The van der Waals surface area contributed by atoms with Gasteiger partial charge in [0, 0.05) is 12.5 Å². The zero-order valence-electron chi connectivity index (χ0n) is 14.8. The maximum Gasteiger partial charge on any atom is 0.326 e. The Kier molecular flexibility index (Phi) is 7.15. The highest BCUT2D eigenvalue weighted by atomic mass is 16.4. The van der Waals surface area contributed by atoms with Crippen molar-refractivity contribution in [3.8, 4) is 11.5 Å². The number of benzene rings is 2. The van der Waals surface area contributed by atoms with E-state index in [-0.39, 0.29) is 24.5 Å². The fraction of sp³-hybridized carbons (Fsp3) is 0.150. The molecule has 5 N–H and O–H groups in total. The predicted molar refractivity (Wildman–Crippen MR) is 102 cm³/mol. The highest BCUT2D eigenvalue weighted by molar-refractivity contribution is 5.95. The quantitative estimate of drug-likeness (QED) is 0.341. The monoisotopic (exact) mass is 384 g/mol. The lowest BCUT2D eigenvalue weighted by Gasteiger charge is -2.14. The molecule has 8 nitrogen and oxygen atoms in total. The van der Waals surface area contributed by atoms with E-state index in [0.717, 1.165) is 11.6 Å². The van der Waals surface area contributed by atoms with Gasteiger partial charge in [-0.25, -0.2) is 4.79 Å². The molecule has 0 aliphatic heterocycles. The number of carbonyl (C=O) groups excluding carboxylic acids is 2. The topological polar surface area (TPSA) is 136 Å². The molecule has 2 aromatic carbocycles. The second kappa shape index (κ2) is 9.77. The van der Waals surface area contributed by atoms with E-state index >= 15 is 0 Å². The Labute approximate surface area is 161 Å². The standard InChI is InChI=1S/C20H20N2O6/c23-16-8-6-14(11-17(16)24)7-9-18(25)21-12-19(26)22-15(20(27)28)10-13-4-2-1-3-5-13/h1-9,11,15,23-24H,10,12H2,(H,21,25)(H,22,26)(H,27,28)/t15-/m0/s1. The minimum Gasteiger partial charge on any atom is -0.504 e. The summed E-state index contributed by atoms with van der Waals surface area (Å²) in [5.74, 6) is -2.97. The van der Waals surface area contributed by atoms with Crippen molar-refractivity contribution in [2.24, 2.45) is 0 Å². The van der Waals surface area contributed by atoms with Crippen LogP contribution in [-0.4, -0.2) is 45.7 Å². The van der Waals surface area contributed by atoms with Gasteiger partial charge < -0.3 is 26.0 Å². The molecule has 146 valence electrons. The minimum atomic E-state index is -1.17. The Bertz CT molecular complexity index is 880. The zero-order valence-corrected chi connectivity index (χ0v) is 14.8. The molecule has 0 bridgehead atoms. The van der Waals surface area contributed by atoms with Crippen molar-refractivity contribution in [1.82, 2.24) is 10.6 Å². The van der Waals surface area contributed by atoms with Gasteiger partial charge in [0.15, 0.2) is 11.5 Å². The summed E-state index contributed by atoms with van der Waals surface area (Å²) < 4.78 is 0. The molecule has 0 aromatic heterocycles. The van der Waals surface area contributed by atoms with Crippen molar-refractivity contribution in [2.75, 3.05) is 6.54 Å². The Balaban J connectivity index is 1.84. The lowest BCUT2D eigenvalue weighted by atomic mass is 10.1. The number of hydrogen-bond acceptors (Lipinski definition) is 5. The van der Waals surface area contributed by atoms with Gasteiger partial charge in [-0.05, 0) is 29.3 Å². The maximum atomic E-state index is 11.9. The van der Waals surface area contributed by atoms with Crippen LogP contribution in [0.15, 0.2) is 54.6 Å². The first-order valence-corrected chi connectivity index (χ1v) is 8.39. The van der Waals surface area contributed by atoms with E-state index in [4.69, 9.17) is 0 Å². The summed E-state index contributed by atoms with van der Waals surface area (Å²) in [6.45, 7) is -0.386. The normalized spacial score (nSPS) is 11.7. The fourth-order valence-electron chi connectivity index (χ4n) is 2.34. The molecule has 2 rings (SSSR count). The van der Waals surface area contributed by atoms with E-state index in [9.17, 15) is 29.7 Å². The lowest BCUT2D eigenvalue weighted by molar-refractivity contribution is -0.141. The van der Waals surface area contributed by atoms with Gasteiger partial charge in [0.05, 0.1) is 6.54 Å². The molecule has 0 radical (unpaired) electrons. The minimum absolute atomic E-state index is 0.125. The first kappa shape index (κ1) is 20.5. The van der Waals surface area contributed by atoms with Crippen molar-refractivity contribution in [3.05, 3.63) is 65.7 Å². The van der Waals surface area contributed by atoms with Gasteiger partial charge >= 0.3 is 5.97 Å². The van der Waals surface area contributed by atoms with Crippen LogP contribution in [0.4, 0.5) is 0 Å². The number of nitrogens with one attached hydrogen (secondary N) is 2. The van der Waals surface area contributed by atoms with E-state index in [1.54, 1.807) is 30.3 Å². The average molecular weight is 384 g/mol. The van der Waals surface area contributed by atoms with Gasteiger partial charge in [-0.2, -0.15) is 0 Å². The average Bonchev–Trinajstić information content (AvgIpc) is 2.67. The van der Waals surface area contributed by atoms with Crippen LogP contribution in [0.3, 0.4) is 0 Å². The number of carboxylic acids is 1. The SMILES string of the molecule is O=C(C=Cc1ccc(O)c(O)c1)NCC(=O)N[C@@H](Cc1ccccc1)C(=O)O. The molecular formula is C20H20N2O6. The molecule has 0 heterocycles. The zero-order chi connectivity index (χ0) is 20.5. The third-order valence-corrected chi connectivity index (χ3v) is 3.77. The largest absolute Gasteiger partial charge is 0.504 e. The number of hydrogen-bond donors (Lipinski definition) is 5. The summed E-state index contributed by atoms with van der Waals surface area (Å²) in [5.41, 5.74) is 1.24. The number of aliphatic carboxylic acids is 1. The van der Waals surface area contributed by atoms with Crippen molar-refractivity contribution < 1.29 is 29.7 Å². The molecule has 0 saturated heterocycles. The van der Waals surface area contributed by atoms with E-state index in [1.807, 2.05) is 0 Å². The van der Waals surface area contributed by atoms with Crippen molar-refractivity contribution >= 4 is 23.9 Å². The van der Waals surface area contributed by atoms with Gasteiger partial charge in [0.2, 0.25) is 11.8 Å². The fourth-order valence-corrected chi connectivity index (χ4v) is 2.34. The van der Waals surface area contributed by atoms with Gasteiger partial charge in [0.25, 0.3) is 0 Å². The van der Waals surface area contributed by atoms with Crippen molar-refractivity contribution in [3.63, 3.8) is 0 Å². The third kappa shape index (κ3) is 6.49. The van der Waals surface area contributed by atoms with Crippen LogP contribution in [0.2, 0.25) is 0 Å². The molecule has 0 aliphatic rings. The van der Waals surface area contributed by atoms with E-state index in [0.29, 0.717) is 5.56 Å². The van der Waals surface area contributed by atoms with Crippen molar-refractivity contribution in [1.29, 1.82) is 0 Å². The van der Waals surface area contributed by atoms with Crippen LogP contribution in [0.1, 0.15) is 11.1 Å². The van der Waals surface area contributed by atoms with Crippen LogP contribution in [-0.2, 0) is 20.8 Å². The molecule has 8 heteroatoms. The first-order valence-electron chi connectivity index (χ1n) is 8.39. The molecule has 0 fully saturated rings. The van der Waals surface area contributed by atoms with Crippen LogP contribution >= 0.6 is 0 Å². The van der Waals surface area contributed by atoms with E-state index in [2.05, 4.69) is 10.6 Å². The summed E-state index contributed by atoms with van der Waals surface area (Å²) in [6, 6.07) is 11.8. The van der Waals surface area contributed by atoms with Gasteiger partial charge in [0.1, 0.15) is 6.04 Å².